The maximum absolute atomic E-state index is 12.7. The van der Waals surface area contributed by atoms with Crippen LogP contribution in [0.3, 0.4) is 0 Å². The zero-order valence-corrected chi connectivity index (χ0v) is 13.6. The summed E-state index contributed by atoms with van der Waals surface area (Å²) in [5.41, 5.74) is 5.54. The molecule has 0 radical (unpaired) electrons. The first kappa shape index (κ1) is 19.7. The minimum atomic E-state index is -4.34. The number of pyridine rings is 1. The number of aromatic nitrogens is 1. The molecule has 2 heterocycles. The predicted octanol–water partition coefficient (Wildman–Crippen LogP) is 1.74. The molecule has 10 heteroatoms. The normalized spacial score (nSPS) is 24.0. The smallest absolute Gasteiger partial charge is 0.417 e. The Kier molecular flexibility index (Phi) is 5.86. The first-order valence-corrected chi connectivity index (χ1v) is 7.78. The average molecular weight is 373 g/mol. The Bertz CT molecular complexity index is 692. The van der Waals surface area contributed by atoms with Crippen molar-refractivity contribution >= 4 is 17.6 Å². The zero-order valence-electron chi connectivity index (χ0n) is 13.6. The Morgan fingerprint density at radius 1 is 1.23 bits per heavy atom. The Balaban J connectivity index is 0.000000260. The van der Waals surface area contributed by atoms with E-state index in [4.69, 9.17) is 15.9 Å². The van der Waals surface area contributed by atoms with E-state index in [1.807, 2.05) is 4.90 Å². The molecule has 0 spiro atoms. The topological polar surface area (TPSA) is 117 Å². The Morgan fingerprint density at radius 2 is 1.85 bits per heavy atom. The SMILES string of the molecule is NCC1CC2CC2N1c1cncc(C(F)(F)F)c1.O=C(O)C=CC(=O)O. The number of nitrogens with zero attached hydrogens (tertiary/aromatic N) is 2. The number of fused-ring (bicyclic) bond motifs is 1. The van der Waals surface area contributed by atoms with Crippen molar-refractivity contribution < 1.29 is 33.0 Å². The van der Waals surface area contributed by atoms with Gasteiger partial charge in [0.25, 0.3) is 0 Å². The van der Waals surface area contributed by atoms with E-state index in [2.05, 4.69) is 4.98 Å². The van der Waals surface area contributed by atoms with Crippen LogP contribution in [0.5, 0.6) is 0 Å². The highest BCUT2D eigenvalue weighted by Crippen LogP contribution is 2.49. The molecular weight excluding hydrogens is 355 g/mol. The van der Waals surface area contributed by atoms with Crippen LogP contribution in [-0.2, 0) is 15.8 Å². The van der Waals surface area contributed by atoms with E-state index in [-0.39, 0.29) is 6.04 Å². The van der Waals surface area contributed by atoms with Crippen LogP contribution >= 0.6 is 0 Å². The lowest BCUT2D eigenvalue weighted by Gasteiger charge is -2.28. The number of carbonyl (C=O) groups is 2. The number of hydrogen-bond donors (Lipinski definition) is 3. The Labute approximate surface area is 146 Å². The maximum atomic E-state index is 12.7. The van der Waals surface area contributed by atoms with Crippen molar-refractivity contribution in [3.05, 3.63) is 36.2 Å². The van der Waals surface area contributed by atoms with E-state index in [0.717, 1.165) is 19.0 Å². The molecule has 3 unspecified atom stereocenters. The highest BCUT2D eigenvalue weighted by atomic mass is 19.4. The fraction of sp³-hybridized carbons (Fsp3) is 0.438. The number of alkyl halides is 3. The van der Waals surface area contributed by atoms with Gasteiger partial charge in [-0.2, -0.15) is 13.2 Å². The third-order valence-corrected chi connectivity index (χ3v) is 4.20. The molecule has 1 aliphatic carbocycles. The van der Waals surface area contributed by atoms with Crippen molar-refractivity contribution in [1.29, 1.82) is 0 Å². The van der Waals surface area contributed by atoms with Crippen LogP contribution in [0.25, 0.3) is 0 Å². The number of hydrogen-bond acceptors (Lipinski definition) is 5. The van der Waals surface area contributed by atoms with Crippen molar-refractivity contribution in [3.63, 3.8) is 0 Å². The molecule has 0 bridgehead atoms. The summed E-state index contributed by atoms with van der Waals surface area (Å²) in [6.45, 7) is 0.475. The molecule has 7 nitrogen and oxygen atoms in total. The fourth-order valence-corrected chi connectivity index (χ4v) is 3.04. The first-order chi connectivity index (χ1) is 12.1. The summed E-state index contributed by atoms with van der Waals surface area (Å²) < 4.78 is 38.0. The quantitative estimate of drug-likeness (QED) is 0.688. The number of halogens is 3. The standard InChI is InChI=1S/C12H14F3N3.C4H4O4/c13-12(14,15)8-3-10(6-17-5-8)18-9(4-16)1-7-2-11(7)18;5-3(6)1-2-4(7)8/h3,5-7,9,11H,1-2,4,16H2;1-2H,(H,5,6)(H,7,8). The van der Waals surface area contributed by atoms with Gasteiger partial charge in [0.2, 0.25) is 0 Å². The summed E-state index contributed by atoms with van der Waals surface area (Å²) in [5.74, 6) is -1.91. The van der Waals surface area contributed by atoms with Gasteiger partial charge in [0.15, 0.2) is 0 Å². The molecule has 2 aliphatic rings. The summed E-state index contributed by atoms with van der Waals surface area (Å²) >= 11 is 0. The van der Waals surface area contributed by atoms with Crippen molar-refractivity contribution in [2.75, 3.05) is 11.4 Å². The van der Waals surface area contributed by atoms with E-state index >= 15 is 0 Å². The summed E-state index contributed by atoms with van der Waals surface area (Å²) in [4.78, 5) is 24.8. The second kappa shape index (κ2) is 7.73. The van der Waals surface area contributed by atoms with E-state index in [1.54, 1.807) is 0 Å². The largest absolute Gasteiger partial charge is 0.478 e. The van der Waals surface area contributed by atoms with Crippen LogP contribution in [-0.4, -0.2) is 45.8 Å². The van der Waals surface area contributed by atoms with Crippen LogP contribution in [0, 0.1) is 5.92 Å². The zero-order chi connectivity index (χ0) is 19.5. The molecule has 3 atom stereocenters. The third kappa shape index (κ3) is 4.94. The lowest BCUT2D eigenvalue weighted by Crippen LogP contribution is -2.38. The van der Waals surface area contributed by atoms with Gasteiger partial charge in [-0.3, -0.25) is 4.98 Å². The molecule has 1 aromatic rings. The van der Waals surface area contributed by atoms with Crippen LogP contribution in [0.1, 0.15) is 18.4 Å². The van der Waals surface area contributed by atoms with E-state index in [1.165, 1.54) is 12.3 Å². The molecule has 1 saturated heterocycles. The van der Waals surface area contributed by atoms with Gasteiger partial charge in [-0.1, -0.05) is 0 Å². The number of piperidine rings is 1. The highest BCUT2D eigenvalue weighted by molar-refractivity contribution is 5.89. The molecular formula is C16H18F3N3O4. The lowest BCUT2D eigenvalue weighted by molar-refractivity contribution is -0.138. The molecule has 142 valence electrons. The van der Waals surface area contributed by atoms with Gasteiger partial charge in [0.05, 0.1) is 17.4 Å². The number of anilines is 1. The fourth-order valence-electron chi connectivity index (χ4n) is 3.04. The maximum Gasteiger partial charge on any atom is 0.417 e. The van der Waals surface area contributed by atoms with Crippen LogP contribution in [0.15, 0.2) is 30.6 Å². The van der Waals surface area contributed by atoms with Crippen LogP contribution < -0.4 is 10.6 Å². The number of carboxylic acid groups (broad SMARTS) is 2. The van der Waals surface area contributed by atoms with Crippen molar-refractivity contribution in [1.82, 2.24) is 4.98 Å². The molecule has 3 rings (SSSR count). The van der Waals surface area contributed by atoms with Crippen LogP contribution in [0.4, 0.5) is 18.9 Å². The predicted molar refractivity (Wildman–Crippen MR) is 85.5 cm³/mol. The molecule has 26 heavy (non-hydrogen) atoms. The van der Waals surface area contributed by atoms with E-state index in [0.29, 0.717) is 36.3 Å². The molecule has 2 fully saturated rings. The van der Waals surface area contributed by atoms with Crippen molar-refractivity contribution in [2.24, 2.45) is 11.7 Å². The van der Waals surface area contributed by atoms with Gasteiger partial charge in [-0.15, -0.1) is 0 Å². The lowest BCUT2D eigenvalue weighted by atomic mass is 10.1. The van der Waals surface area contributed by atoms with E-state index in [9.17, 15) is 22.8 Å². The van der Waals surface area contributed by atoms with Gasteiger partial charge in [0, 0.05) is 37.0 Å². The van der Waals surface area contributed by atoms with Crippen molar-refractivity contribution in [3.8, 4) is 0 Å². The Morgan fingerprint density at radius 3 is 2.35 bits per heavy atom. The number of rotatable bonds is 4. The summed E-state index contributed by atoms with van der Waals surface area (Å²) in [6.07, 6.45) is 1.18. The third-order valence-electron chi connectivity index (χ3n) is 4.20. The highest BCUT2D eigenvalue weighted by Gasteiger charge is 2.51. The summed E-state index contributed by atoms with van der Waals surface area (Å²) in [5, 5.41) is 15.6. The second-order valence-corrected chi connectivity index (χ2v) is 6.04. The van der Waals surface area contributed by atoms with Crippen LogP contribution in [0.2, 0.25) is 0 Å². The molecule has 1 aliphatic heterocycles. The van der Waals surface area contributed by atoms with Gasteiger partial charge < -0.3 is 20.8 Å². The summed E-state index contributed by atoms with van der Waals surface area (Å²) in [6, 6.07) is 1.69. The first-order valence-electron chi connectivity index (χ1n) is 7.78. The minimum absolute atomic E-state index is 0.152. The molecule has 0 aromatic carbocycles. The van der Waals surface area contributed by atoms with E-state index < -0.39 is 23.7 Å². The van der Waals surface area contributed by atoms with Crippen molar-refractivity contribution in [2.45, 2.75) is 31.1 Å². The van der Waals surface area contributed by atoms with Gasteiger partial charge in [-0.05, 0) is 24.8 Å². The number of aliphatic carboxylic acids is 2. The Hall–Kier alpha value is -2.62. The number of nitrogens with two attached hydrogens (primary N) is 1. The minimum Gasteiger partial charge on any atom is -0.478 e. The number of carboxylic acids is 2. The average Bonchev–Trinajstić information content (AvgIpc) is 3.23. The van der Waals surface area contributed by atoms with Gasteiger partial charge >= 0.3 is 18.1 Å². The summed E-state index contributed by atoms with van der Waals surface area (Å²) in [7, 11) is 0. The molecule has 1 aromatic heterocycles. The second-order valence-electron chi connectivity index (χ2n) is 6.04. The molecule has 4 N–H and O–H groups in total. The molecule has 0 amide bonds. The molecule has 1 saturated carbocycles. The van der Waals surface area contributed by atoms with Gasteiger partial charge in [-0.25, -0.2) is 9.59 Å². The van der Waals surface area contributed by atoms with Gasteiger partial charge in [0.1, 0.15) is 0 Å². The monoisotopic (exact) mass is 373 g/mol.